The number of ether oxygens (including phenoxy) is 1. The standard InChI is InChI=1S/C14H11F4N3O2/c15-11-6-8(1-4-12(11)23-14(16,17)18)5-10-3-2-9(7-20-10)13(19)21-22/h1-4,6-7,22H,5H2,(H2,19,21). The minimum absolute atomic E-state index is 0.108. The monoisotopic (exact) mass is 329 g/mol. The Kier molecular flexibility index (Phi) is 4.68. The number of halogens is 4. The molecule has 9 heteroatoms. The van der Waals surface area contributed by atoms with Crippen LogP contribution in [0.5, 0.6) is 5.75 Å². The third-order valence-electron chi connectivity index (χ3n) is 2.84. The minimum atomic E-state index is -4.95. The number of alkyl halides is 3. The van der Waals surface area contributed by atoms with Crippen molar-refractivity contribution >= 4 is 5.84 Å². The highest BCUT2D eigenvalue weighted by Gasteiger charge is 2.32. The lowest BCUT2D eigenvalue weighted by atomic mass is 10.1. The number of rotatable bonds is 4. The maximum absolute atomic E-state index is 13.6. The third-order valence-corrected chi connectivity index (χ3v) is 2.84. The van der Waals surface area contributed by atoms with Crippen molar-refractivity contribution in [2.24, 2.45) is 10.9 Å². The topological polar surface area (TPSA) is 80.7 Å². The zero-order valence-corrected chi connectivity index (χ0v) is 11.5. The van der Waals surface area contributed by atoms with Gasteiger partial charge < -0.3 is 15.7 Å². The van der Waals surface area contributed by atoms with E-state index in [1.807, 2.05) is 0 Å². The Morgan fingerprint density at radius 3 is 2.52 bits per heavy atom. The molecule has 2 aromatic rings. The van der Waals surface area contributed by atoms with Gasteiger partial charge in [0, 0.05) is 23.9 Å². The quantitative estimate of drug-likeness (QED) is 0.297. The second kappa shape index (κ2) is 6.51. The fraction of sp³-hybridized carbons (Fsp3) is 0.143. The van der Waals surface area contributed by atoms with Crippen molar-refractivity contribution in [3.63, 3.8) is 0 Å². The van der Waals surface area contributed by atoms with Crippen LogP contribution in [0, 0.1) is 5.82 Å². The lowest BCUT2D eigenvalue weighted by Crippen LogP contribution is -2.18. The van der Waals surface area contributed by atoms with Gasteiger partial charge in [-0.15, -0.1) is 13.2 Å². The molecule has 0 fully saturated rings. The number of pyridine rings is 1. The zero-order chi connectivity index (χ0) is 17.0. The van der Waals surface area contributed by atoms with E-state index in [0.29, 0.717) is 16.8 Å². The van der Waals surface area contributed by atoms with Crippen LogP contribution in [0.15, 0.2) is 41.7 Å². The Bertz CT molecular complexity index is 715. The summed E-state index contributed by atoms with van der Waals surface area (Å²) in [5.41, 5.74) is 6.74. The summed E-state index contributed by atoms with van der Waals surface area (Å²) in [5.74, 6) is -2.12. The average Bonchev–Trinajstić information content (AvgIpc) is 2.49. The number of hydrogen-bond acceptors (Lipinski definition) is 4. The lowest BCUT2D eigenvalue weighted by Gasteiger charge is -2.10. The molecule has 5 nitrogen and oxygen atoms in total. The number of oxime groups is 1. The van der Waals surface area contributed by atoms with Gasteiger partial charge in [0.1, 0.15) is 0 Å². The van der Waals surface area contributed by atoms with Crippen molar-refractivity contribution in [3.8, 4) is 5.75 Å². The van der Waals surface area contributed by atoms with Crippen LogP contribution in [-0.2, 0) is 6.42 Å². The van der Waals surface area contributed by atoms with Gasteiger partial charge in [-0.25, -0.2) is 4.39 Å². The molecule has 2 rings (SSSR count). The van der Waals surface area contributed by atoms with Crippen LogP contribution in [0.2, 0.25) is 0 Å². The van der Waals surface area contributed by atoms with E-state index in [0.717, 1.165) is 12.1 Å². The van der Waals surface area contributed by atoms with Crippen molar-refractivity contribution in [1.82, 2.24) is 4.98 Å². The summed E-state index contributed by atoms with van der Waals surface area (Å²) >= 11 is 0. The normalized spacial score (nSPS) is 12.3. The van der Waals surface area contributed by atoms with Crippen LogP contribution in [-0.4, -0.2) is 22.4 Å². The first-order valence-electron chi connectivity index (χ1n) is 6.25. The van der Waals surface area contributed by atoms with Gasteiger partial charge in [-0.1, -0.05) is 11.2 Å². The smallest absolute Gasteiger partial charge is 0.409 e. The van der Waals surface area contributed by atoms with Gasteiger partial charge in [0.2, 0.25) is 0 Å². The van der Waals surface area contributed by atoms with Crippen molar-refractivity contribution < 1.29 is 27.5 Å². The Balaban J connectivity index is 2.13. The van der Waals surface area contributed by atoms with E-state index < -0.39 is 17.9 Å². The Hall–Kier alpha value is -2.84. The van der Waals surface area contributed by atoms with Gasteiger partial charge in [-0.3, -0.25) is 4.98 Å². The van der Waals surface area contributed by atoms with Crippen molar-refractivity contribution in [2.45, 2.75) is 12.8 Å². The van der Waals surface area contributed by atoms with E-state index in [9.17, 15) is 17.6 Å². The van der Waals surface area contributed by atoms with Gasteiger partial charge in [0.25, 0.3) is 0 Å². The maximum Gasteiger partial charge on any atom is 0.573 e. The molecule has 1 heterocycles. The van der Waals surface area contributed by atoms with E-state index in [1.54, 1.807) is 12.1 Å². The van der Waals surface area contributed by atoms with Crippen molar-refractivity contribution in [3.05, 3.63) is 59.2 Å². The predicted molar refractivity (Wildman–Crippen MR) is 72.6 cm³/mol. The van der Waals surface area contributed by atoms with Gasteiger partial charge in [0.05, 0.1) is 0 Å². The fourth-order valence-corrected chi connectivity index (χ4v) is 1.81. The third kappa shape index (κ3) is 4.56. The molecule has 0 spiro atoms. The minimum Gasteiger partial charge on any atom is -0.409 e. The molecule has 0 saturated carbocycles. The molecule has 23 heavy (non-hydrogen) atoms. The largest absolute Gasteiger partial charge is 0.573 e. The van der Waals surface area contributed by atoms with E-state index in [1.165, 1.54) is 12.3 Å². The number of amidine groups is 1. The van der Waals surface area contributed by atoms with E-state index >= 15 is 0 Å². The average molecular weight is 329 g/mol. The second-order valence-corrected chi connectivity index (χ2v) is 4.51. The number of nitrogens with zero attached hydrogens (tertiary/aromatic N) is 2. The summed E-state index contributed by atoms with van der Waals surface area (Å²) < 4.78 is 53.3. The molecule has 0 radical (unpaired) electrons. The summed E-state index contributed by atoms with van der Waals surface area (Å²) in [6.07, 6.45) is -3.39. The summed E-state index contributed by atoms with van der Waals surface area (Å²) in [4.78, 5) is 4.05. The fourth-order valence-electron chi connectivity index (χ4n) is 1.81. The molecule has 3 N–H and O–H groups in total. The maximum atomic E-state index is 13.6. The molecule has 1 aromatic carbocycles. The van der Waals surface area contributed by atoms with Gasteiger partial charge >= 0.3 is 6.36 Å². The first-order chi connectivity index (χ1) is 10.8. The van der Waals surface area contributed by atoms with Crippen LogP contribution >= 0.6 is 0 Å². The highest BCUT2D eigenvalue weighted by Crippen LogP contribution is 2.26. The lowest BCUT2D eigenvalue weighted by molar-refractivity contribution is -0.275. The molecule has 0 aliphatic heterocycles. The number of nitrogens with two attached hydrogens (primary N) is 1. The molecule has 0 aliphatic rings. The molecular weight excluding hydrogens is 318 g/mol. The summed E-state index contributed by atoms with van der Waals surface area (Å²) in [7, 11) is 0. The second-order valence-electron chi connectivity index (χ2n) is 4.51. The molecule has 0 unspecified atom stereocenters. The summed E-state index contributed by atoms with van der Waals surface area (Å²) in [5, 5.41) is 11.4. The van der Waals surface area contributed by atoms with Gasteiger partial charge in [-0.05, 0) is 29.8 Å². The van der Waals surface area contributed by atoms with Crippen molar-refractivity contribution in [2.75, 3.05) is 0 Å². The number of benzene rings is 1. The van der Waals surface area contributed by atoms with Crippen LogP contribution in [0.3, 0.4) is 0 Å². The molecule has 0 aliphatic carbocycles. The molecule has 0 bridgehead atoms. The van der Waals surface area contributed by atoms with Crippen LogP contribution < -0.4 is 10.5 Å². The van der Waals surface area contributed by atoms with Crippen LogP contribution in [0.25, 0.3) is 0 Å². The summed E-state index contributed by atoms with van der Waals surface area (Å²) in [6, 6.07) is 6.28. The first kappa shape index (κ1) is 16.5. The Morgan fingerprint density at radius 1 is 1.26 bits per heavy atom. The molecule has 122 valence electrons. The van der Waals surface area contributed by atoms with Gasteiger partial charge in [-0.2, -0.15) is 0 Å². The number of hydrogen-bond donors (Lipinski definition) is 2. The highest BCUT2D eigenvalue weighted by molar-refractivity contribution is 5.96. The van der Waals surface area contributed by atoms with Crippen LogP contribution in [0.1, 0.15) is 16.8 Å². The Morgan fingerprint density at radius 2 is 2.00 bits per heavy atom. The summed E-state index contributed by atoms with van der Waals surface area (Å²) in [6.45, 7) is 0. The SMILES string of the molecule is NC(=NO)c1ccc(Cc2ccc(OC(F)(F)F)c(F)c2)nc1. The molecule has 0 atom stereocenters. The molecule has 1 aromatic heterocycles. The van der Waals surface area contributed by atoms with Crippen molar-refractivity contribution in [1.29, 1.82) is 0 Å². The molecule has 0 saturated heterocycles. The first-order valence-corrected chi connectivity index (χ1v) is 6.25. The predicted octanol–water partition coefficient (Wildman–Crippen LogP) is 2.80. The van der Waals surface area contributed by atoms with E-state index in [-0.39, 0.29) is 12.3 Å². The number of aromatic nitrogens is 1. The zero-order valence-electron chi connectivity index (χ0n) is 11.5. The van der Waals surface area contributed by atoms with E-state index in [2.05, 4.69) is 14.9 Å². The van der Waals surface area contributed by atoms with E-state index in [4.69, 9.17) is 10.9 Å². The molecular formula is C14H11F4N3O2. The van der Waals surface area contributed by atoms with Crippen LogP contribution in [0.4, 0.5) is 17.6 Å². The van der Waals surface area contributed by atoms with Gasteiger partial charge in [0.15, 0.2) is 17.4 Å². The highest BCUT2D eigenvalue weighted by atomic mass is 19.4. The Labute approximate surface area is 128 Å². The molecule has 0 amide bonds.